The maximum absolute atomic E-state index is 13.1. The Balaban J connectivity index is 1.46. The molecule has 0 saturated heterocycles. The van der Waals surface area contributed by atoms with Gasteiger partial charge < -0.3 is 9.05 Å². The highest BCUT2D eigenvalue weighted by atomic mass is 31.1. The van der Waals surface area contributed by atoms with Crippen LogP contribution in [0.1, 0.15) is 70.2 Å². The first-order chi connectivity index (χ1) is 19.3. The molecule has 0 radical (unpaired) electrons. The summed E-state index contributed by atoms with van der Waals surface area (Å²) < 4.78 is 24.9. The first kappa shape index (κ1) is 30.0. The zero-order chi connectivity index (χ0) is 28.6. The van der Waals surface area contributed by atoms with Crippen molar-refractivity contribution in [2.24, 2.45) is 11.8 Å². The van der Waals surface area contributed by atoms with E-state index in [2.05, 4.69) is 139 Å². The van der Waals surface area contributed by atoms with Gasteiger partial charge in [-0.1, -0.05) is 111 Å². The van der Waals surface area contributed by atoms with E-state index in [-0.39, 0.29) is 23.7 Å². The standard InChI is InChI=1S/C36H43O3P/c1-25-15-7-11-19-31(25)35(32-20-12-8-16-26(32)2)29(5)23-38-40(37)39-24-30(6)36(33-21-13-9-17-27(33)3)34-22-14-10-18-28(34)4/h7-22,29-30,35-36,40H,23-24H2,1-6H3. The quantitative estimate of drug-likeness (QED) is 0.164. The maximum Gasteiger partial charge on any atom is 0.319 e. The van der Waals surface area contributed by atoms with Gasteiger partial charge in [0.25, 0.3) is 0 Å². The van der Waals surface area contributed by atoms with Gasteiger partial charge >= 0.3 is 8.25 Å². The molecule has 4 aromatic rings. The van der Waals surface area contributed by atoms with Crippen LogP contribution in [-0.4, -0.2) is 13.2 Å². The molecule has 4 rings (SSSR count). The van der Waals surface area contributed by atoms with Crippen LogP contribution >= 0.6 is 8.25 Å². The Morgan fingerprint density at radius 2 is 0.750 bits per heavy atom. The summed E-state index contributed by atoms with van der Waals surface area (Å²) in [5, 5.41) is 0. The third-order valence-corrected chi connectivity index (χ3v) is 8.97. The highest BCUT2D eigenvalue weighted by Gasteiger charge is 2.27. The van der Waals surface area contributed by atoms with Gasteiger partial charge in [-0.05, 0) is 84.0 Å². The molecule has 0 spiro atoms. The molecule has 0 aliphatic carbocycles. The summed E-state index contributed by atoms with van der Waals surface area (Å²) in [6.45, 7) is 13.7. The normalized spacial score (nSPS) is 13.9. The van der Waals surface area contributed by atoms with Crippen LogP contribution < -0.4 is 0 Å². The summed E-state index contributed by atoms with van der Waals surface area (Å²) in [7, 11) is -2.66. The second kappa shape index (κ2) is 14.1. The summed E-state index contributed by atoms with van der Waals surface area (Å²) >= 11 is 0. The number of aryl methyl sites for hydroxylation is 4. The third-order valence-electron chi connectivity index (χ3n) is 8.16. The van der Waals surface area contributed by atoms with Crippen molar-refractivity contribution in [1.29, 1.82) is 0 Å². The Morgan fingerprint density at radius 3 is 1.00 bits per heavy atom. The molecule has 0 bridgehead atoms. The topological polar surface area (TPSA) is 35.5 Å². The van der Waals surface area contributed by atoms with Gasteiger partial charge in [0, 0.05) is 11.8 Å². The summed E-state index contributed by atoms with van der Waals surface area (Å²) in [6.07, 6.45) is 0. The molecule has 210 valence electrons. The van der Waals surface area contributed by atoms with Gasteiger partial charge in [-0.15, -0.1) is 0 Å². The molecule has 0 amide bonds. The smallest absolute Gasteiger partial charge is 0.310 e. The predicted octanol–water partition coefficient (Wildman–Crippen LogP) is 9.58. The lowest BCUT2D eigenvalue weighted by Gasteiger charge is -2.29. The van der Waals surface area contributed by atoms with Gasteiger partial charge in [0.15, 0.2) is 0 Å². The Kier molecular flexibility index (Phi) is 10.6. The predicted molar refractivity (Wildman–Crippen MR) is 168 cm³/mol. The Labute approximate surface area is 241 Å². The van der Waals surface area contributed by atoms with Gasteiger partial charge in [-0.25, -0.2) is 0 Å². The molecule has 4 aromatic carbocycles. The van der Waals surface area contributed by atoms with Crippen LogP contribution in [0.5, 0.6) is 0 Å². The molecule has 2 atom stereocenters. The second-order valence-corrected chi connectivity index (χ2v) is 12.3. The van der Waals surface area contributed by atoms with E-state index in [0.717, 1.165) is 0 Å². The van der Waals surface area contributed by atoms with E-state index in [1.807, 2.05) is 0 Å². The molecular formula is C36H43O3P. The van der Waals surface area contributed by atoms with Gasteiger partial charge in [0.1, 0.15) is 0 Å². The molecule has 0 heterocycles. The molecular weight excluding hydrogens is 511 g/mol. The molecule has 0 fully saturated rings. The highest BCUT2D eigenvalue weighted by Crippen LogP contribution is 2.40. The van der Waals surface area contributed by atoms with Crippen LogP contribution in [0.15, 0.2) is 97.1 Å². The Bertz CT molecular complexity index is 1230. The summed E-state index contributed by atoms with van der Waals surface area (Å²) in [5.41, 5.74) is 10.1. The monoisotopic (exact) mass is 554 g/mol. The van der Waals surface area contributed by atoms with Crippen LogP contribution in [0, 0.1) is 39.5 Å². The zero-order valence-corrected chi connectivity index (χ0v) is 25.7. The number of hydrogen-bond acceptors (Lipinski definition) is 3. The molecule has 0 aromatic heterocycles. The summed E-state index contributed by atoms with van der Waals surface area (Å²) in [6, 6.07) is 34.1. The van der Waals surface area contributed by atoms with Crippen LogP contribution in [-0.2, 0) is 13.6 Å². The van der Waals surface area contributed by atoms with Gasteiger partial charge in [-0.3, -0.25) is 4.57 Å². The molecule has 40 heavy (non-hydrogen) atoms. The van der Waals surface area contributed by atoms with Crippen LogP contribution in [0.2, 0.25) is 0 Å². The fourth-order valence-corrected chi connectivity index (χ4v) is 6.82. The van der Waals surface area contributed by atoms with Gasteiger partial charge in [-0.2, -0.15) is 0 Å². The third kappa shape index (κ3) is 7.21. The fourth-order valence-electron chi connectivity index (χ4n) is 5.94. The maximum atomic E-state index is 13.1. The minimum absolute atomic E-state index is 0.115. The minimum Gasteiger partial charge on any atom is -0.310 e. The average Bonchev–Trinajstić information content (AvgIpc) is 2.95. The first-order valence-corrected chi connectivity index (χ1v) is 15.5. The van der Waals surface area contributed by atoms with Crippen LogP contribution in [0.25, 0.3) is 0 Å². The molecule has 4 heteroatoms. The van der Waals surface area contributed by atoms with Crippen LogP contribution in [0.3, 0.4) is 0 Å². The fraction of sp³-hybridized carbons (Fsp3) is 0.333. The van der Waals surface area contributed by atoms with Crippen molar-refractivity contribution in [3.05, 3.63) is 142 Å². The molecule has 0 aliphatic rings. The van der Waals surface area contributed by atoms with Gasteiger partial charge in [0.05, 0.1) is 13.2 Å². The van der Waals surface area contributed by atoms with Crippen molar-refractivity contribution in [1.82, 2.24) is 0 Å². The van der Waals surface area contributed by atoms with E-state index in [0.29, 0.717) is 13.2 Å². The summed E-state index contributed by atoms with van der Waals surface area (Å²) in [4.78, 5) is 0. The molecule has 0 aliphatic heterocycles. The lowest BCUT2D eigenvalue weighted by molar-refractivity contribution is 0.176. The Morgan fingerprint density at radius 1 is 0.500 bits per heavy atom. The molecule has 0 saturated carbocycles. The number of hydrogen-bond donors (Lipinski definition) is 0. The SMILES string of the molecule is Cc1ccccc1C(c1ccccc1C)C(C)CO[PH](=O)OCC(C)C(c1ccccc1C)c1ccccc1C. The van der Waals surface area contributed by atoms with E-state index in [9.17, 15) is 4.57 Å². The average molecular weight is 555 g/mol. The Hall–Kier alpha value is -2.97. The van der Waals surface area contributed by atoms with E-state index >= 15 is 0 Å². The summed E-state index contributed by atoms with van der Waals surface area (Å²) in [5.74, 6) is 0.512. The van der Waals surface area contributed by atoms with Crippen molar-refractivity contribution in [2.45, 2.75) is 53.4 Å². The van der Waals surface area contributed by atoms with E-state index in [4.69, 9.17) is 9.05 Å². The van der Waals surface area contributed by atoms with Crippen molar-refractivity contribution in [3.8, 4) is 0 Å². The lowest BCUT2D eigenvalue weighted by atomic mass is 9.78. The molecule has 3 nitrogen and oxygen atoms in total. The van der Waals surface area contributed by atoms with E-state index in [1.54, 1.807) is 0 Å². The van der Waals surface area contributed by atoms with Crippen molar-refractivity contribution in [2.75, 3.05) is 13.2 Å². The van der Waals surface area contributed by atoms with Crippen molar-refractivity contribution >= 4 is 8.25 Å². The van der Waals surface area contributed by atoms with Crippen LogP contribution in [0.4, 0.5) is 0 Å². The second-order valence-electron chi connectivity index (χ2n) is 11.2. The van der Waals surface area contributed by atoms with Gasteiger partial charge in [0.2, 0.25) is 0 Å². The van der Waals surface area contributed by atoms with Crippen molar-refractivity contribution in [3.63, 3.8) is 0 Å². The first-order valence-electron chi connectivity index (χ1n) is 14.3. The molecule has 2 unspecified atom stereocenters. The number of rotatable bonds is 12. The minimum atomic E-state index is -2.66. The largest absolute Gasteiger partial charge is 0.319 e. The lowest BCUT2D eigenvalue weighted by Crippen LogP contribution is -2.19. The number of benzene rings is 4. The zero-order valence-electron chi connectivity index (χ0n) is 24.7. The van der Waals surface area contributed by atoms with Crippen molar-refractivity contribution < 1.29 is 13.6 Å². The van der Waals surface area contributed by atoms with E-state index in [1.165, 1.54) is 44.5 Å². The highest BCUT2D eigenvalue weighted by molar-refractivity contribution is 7.33. The van der Waals surface area contributed by atoms with E-state index < -0.39 is 8.25 Å². The molecule has 0 N–H and O–H groups in total.